The molecule has 1 aliphatic carbocycles. The summed E-state index contributed by atoms with van der Waals surface area (Å²) in [6, 6.07) is 0.506. The van der Waals surface area contributed by atoms with Crippen LogP contribution in [0.4, 0.5) is 4.79 Å². The van der Waals surface area contributed by atoms with E-state index in [2.05, 4.69) is 27.8 Å². The molecule has 1 aromatic rings. The zero-order chi connectivity index (χ0) is 17.0. The summed E-state index contributed by atoms with van der Waals surface area (Å²) >= 11 is 0. The van der Waals surface area contributed by atoms with Gasteiger partial charge < -0.3 is 19.9 Å². The first-order valence-electron chi connectivity index (χ1n) is 8.33. The van der Waals surface area contributed by atoms with Gasteiger partial charge in [0.25, 0.3) is 0 Å². The zero-order valence-corrected chi connectivity index (χ0v) is 14.8. The zero-order valence-electron chi connectivity index (χ0n) is 14.8. The second-order valence-corrected chi connectivity index (χ2v) is 7.37. The number of nitrogens with one attached hydrogen (secondary N) is 2. The van der Waals surface area contributed by atoms with Crippen LogP contribution in [-0.4, -0.2) is 39.0 Å². The van der Waals surface area contributed by atoms with Gasteiger partial charge >= 0.3 is 6.09 Å². The van der Waals surface area contributed by atoms with E-state index in [0.717, 1.165) is 18.7 Å². The minimum absolute atomic E-state index is 0.134. The lowest BCUT2D eigenvalue weighted by atomic mass is 10.0. The monoisotopic (exact) mass is 323 g/mol. The summed E-state index contributed by atoms with van der Waals surface area (Å²) in [6.45, 7) is 8.35. The normalized spacial score (nSPS) is 22.8. The first kappa shape index (κ1) is 17.7. The molecule has 1 fully saturated rings. The SMILES string of the molecule is CC(NC1CCCC1CNC(=O)OC(C)(C)C)c1nncn1C. The van der Waals surface area contributed by atoms with Crippen LogP contribution in [0.2, 0.25) is 0 Å². The molecule has 0 aliphatic heterocycles. The van der Waals surface area contributed by atoms with Crippen molar-refractivity contribution in [3.05, 3.63) is 12.2 Å². The van der Waals surface area contributed by atoms with Crippen LogP contribution in [0.5, 0.6) is 0 Å². The van der Waals surface area contributed by atoms with Crippen molar-refractivity contribution in [2.45, 2.75) is 64.6 Å². The molecule has 1 saturated carbocycles. The summed E-state index contributed by atoms with van der Waals surface area (Å²) in [5.41, 5.74) is -0.461. The topological polar surface area (TPSA) is 81.1 Å². The van der Waals surface area contributed by atoms with Crippen molar-refractivity contribution in [2.75, 3.05) is 6.54 Å². The van der Waals surface area contributed by atoms with Crippen LogP contribution in [0.15, 0.2) is 6.33 Å². The molecular formula is C16H29N5O2. The molecule has 130 valence electrons. The van der Waals surface area contributed by atoms with Gasteiger partial charge in [0.05, 0.1) is 6.04 Å². The minimum atomic E-state index is -0.461. The fraction of sp³-hybridized carbons (Fsp3) is 0.812. The Balaban J connectivity index is 1.83. The number of carbonyl (C=O) groups is 1. The third-order valence-corrected chi connectivity index (χ3v) is 4.16. The fourth-order valence-electron chi connectivity index (χ4n) is 3.11. The Labute approximate surface area is 138 Å². The molecule has 2 rings (SSSR count). The number of alkyl carbamates (subject to hydrolysis) is 1. The van der Waals surface area contributed by atoms with E-state index in [-0.39, 0.29) is 12.1 Å². The fourth-order valence-corrected chi connectivity index (χ4v) is 3.11. The number of aromatic nitrogens is 3. The van der Waals surface area contributed by atoms with E-state index >= 15 is 0 Å². The standard InChI is InChI=1S/C16H29N5O2/c1-11(14-20-18-10-21(14)5)19-13-8-6-7-12(13)9-17-15(22)23-16(2,3)4/h10-13,19H,6-9H2,1-5H3,(H,17,22). The highest BCUT2D eigenvalue weighted by Gasteiger charge is 2.30. The van der Waals surface area contributed by atoms with Gasteiger partial charge in [-0.05, 0) is 46.5 Å². The molecule has 1 amide bonds. The Morgan fingerprint density at radius 1 is 1.48 bits per heavy atom. The van der Waals surface area contributed by atoms with Crippen LogP contribution in [0, 0.1) is 5.92 Å². The number of ether oxygens (including phenoxy) is 1. The van der Waals surface area contributed by atoms with Crippen LogP contribution in [0.25, 0.3) is 0 Å². The first-order valence-corrected chi connectivity index (χ1v) is 8.33. The average molecular weight is 323 g/mol. The van der Waals surface area contributed by atoms with Gasteiger partial charge in [0.15, 0.2) is 0 Å². The van der Waals surface area contributed by atoms with Crippen molar-refractivity contribution in [3.8, 4) is 0 Å². The van der Waals surface area contributed by atoms with Crippen molar-refractivity contribution in [1.29, 1.82) is 0 Å². The van der Waals surface area contributed by atoms with Crippen LogP contribution >= 0.6 is 0 Å². The Hall–Kier alpha value is -1.63. The average Bonchev–Trinajstić information content (AvgIpc) is 3.03. The number of hydrogen-bond acceptors (Lipinski definition) is 5. The van der Waals surface area contributed by atoms with Gasteiger partial charge in [-0.25, -0.2) is 4.79 Å². The molecule has 0 aromatic carbocycles. The van der Waals surface area contributed by atoms with E-state index in [0.29, 0.717) is 18.5 Å². The van der Waals surface area contributed by atoms with Gasteiger partial charge in [-0.1, -0.05) is 6.42 Å². The molecule has 0 radical (unpaired) electrons. The quantitative estimate of drug-likeness (QED) is 0.868. The molecule has 0 bridgehead atoms. The van der Waals surface area contributed by atoms with Crippen molar-refractivity contribution in [2.24, 2.45) is 13.0 Å². The minimum Gasteiger partial charge on any atom is -0.444 e. The molecule has 1 heterocycles. The van der Waals surface area contributed by atoms with Crippen LogP contribution in [0.1, 0.15) is 58.8 Å². The summed E-state index contributed by atoms with van der Waals surface area (Å²) in [5, 5.41) is 14.6. The van der Waals surface area contributed by atoms with Gasteiger partial charge in [0.1, 0.15) is 17.8 Å². The molecule has 1 aliphatic rings. The number of nitrogens with zero attached hydrogens (tertiary/aromatic N) is 3. The molecule has 1 aromatic heterocycles. The molecule has 0 saturated heterocycles. The first-order chi connectivity index (χ1) is 10.8. The second kappa shape index (κ2) is 7.29. The largest absolute Gasteiger partial charge is 0.444 e. The maximum absolute atomic E-state index is 11.8. The molecule has 0 spiro atoms. The number of rotatable bonds is 5. The molecular weight excluding hydrogens is 294 g/mol. The Kier molecular flexibility index (Phi) is 5.62. The predicted octanol–water partition coefficient (Wildman–Crippen LogP) is 2.16. The summed E-state index contributed by atoms with van der Waals surface area (Å²) in [6.07, 6.45) is 4.76. The van der Waals surface area contributed by atoms with E-state index in [1.165, 1.54) is 6.42 Å². The maximum Gasteiger partial charge on any atom is 0.407 e. The van der Waals surface area contributed by atoms with E-state index in [9.17, 15) is 4.79 Å². The summed E-state index contributed by atoms with van der Waals surface area (Å²) in [4.78, 5) is 11.8. The van der Waals surface area contributed by atoms with Gasteiger partial charge in [0, 0.05) is 19.6 Å². The molecule has 3 atom stereocenters. The van der Waals surface area contributed by atoms with Gasteiger partial charge in [-0.2, -0.15) is 0 Å². The lowest BCUT2D eigenvalue weighted by Crippen LogP contribution is -2.42. The predicted molar refractivity (Wildman–Crippen MR) is 87.9 cm³/mol. The highest BCUT2D eigenvalue weighted by atomic mass is 16.6. The van der Waals surface area contributed by atoms with Crippen LogP contribution in [-0.2, 0) is 11.8 Å². The molecule has 23 heavy (non-hydrogen) atoms. The third-order valence-electron chi connectivity index (χ3n) is 4.16. The number of amides is 1. The highest BCUT2D eigenvalue weighted by molar-refractivity contribution is 5.67. The van der Waals surface area contributed by atoms with Gasteiger partial charge in [-0.15, -0.1) is 10.2 Å². The van der Waals surface area contributed by atoms with E-state index in [1.54, 1.807) is 6.33 Å². The smallest absolute Gasteiger partial charge is 0.407 e. The van der Waals surface area contributed by atoms with E-state index in [4.69, 9.17) is 4.74 Å². The lowest BCUT2D eigenvalue weighted by molar-refractivity contribution is 0.0517. The molecule has 7 heteroatoms. The second-order valence-electron chi connectivity index (χ2n) is 7.37. The van der Waals surface area contributed by atoms with E-state index < -0.39 is 5.60 Å². The van der Waals surface area contributed by atoms with Crippen molar-refractivity contribution in [1.82, 2.24) is 25.4 Å². The van der Waals surface area contributed by atoms with Gasteiger partial charge in [-0.3, -0.25) is 0 Å². The molecule has 3 unspecified atom stereocenters. The summed E-state index contributed by atoms with van der Waals surface area (Å²) in [7, 11) is 1.95. The highest BCUT2D eigenvalue weighted by Crippen LogP contribution is 2.27. The number of hydrogen-bond donors (Lipinski definition) is 2. The van der Waals surface area contributed by atoms with Gasteiger partial charge in [0.2, 0.25) is 0 Å². The van der Waals surface area contributed by atoms with Crippen molar-refractivity contribution >= 4 is 6.09 Å². The third kappa shape index (κ3) is 5.20. The maximum atomic E-state index is 11.8. The molecule has 7 nitrogen and oxygen atoms in total. The summed E-state index contributed by atoms with van der Waals surface area (Å²) < 4.78 is 7.23. The van der Waals surface area contributed by atoms with E-state index in [1.807, 2.05) is 32.4 Å². The van der Waals surface area contributed by atoms with Crippen LogP contribution < -0.4 is 10.6 Å². The number of aryl methyl sites for hydroxylation is 1. The number of carbonyl (C=O) groups excluding carboxylic acids is 1. The Bertz CT molecular complexity index is 523. The molecule has 2 N–H and O–H groups in total. The van der Waals surface area contributed by atoms with Crippen LogP contribution in [0.3, 0.4) is 0 Å². The Morgan fingerprint density at radius 2 is 2.22 bits per heavy atom. The summed E-state index contributed by atoms with van der Waals surface area (Å²) in [5.74, 6) is 1.34. The van der Waals surface area contributed by atoms with Crippen molar-refractivity contribution in [3.63, 3.8) is 0 Å². The Morgan fingerprint density at radius 3 is 2.83 bits per heavy atom. The van der Waals surface area contributed by atoms with Crippen molar-refractivity contribution < 1.29 is 9.53 Å². The lowest BCUT2D eigenvalue weighted by Gasteiger charge is -2.26.